The molecule has 0 atom stereocenters. The van der Waals surface area contributed by atoms with Gasteiger partial charge in [0.2, 0.25) is 0 Å². The highest BCUT2D eigenvalue weighted by atomic mass is 16.6. The fourth-order valence-corrected chi connectivity index (χ4v) is 1.62. The summed E-state index contributed by atoms with van der Waals surface area (Å²) < 4.78 is 10.7. The fraction of sp³-hybridized carbons (Fsp3) is 0.188. The van der Waals surface area contributed by atoms with E-state index in [9.17, 15) is 4.79 Å². The predicted octanol–water partition coefficient (Wildman–Crippen LogP) is 4.44. The molecular formula is C16H17NO3. The number of anilines is 1. The van der Waals surface area contributed by atoms with Gasteiger partial charge in [0.05, 0.1) is 6.10 Å². The van der Waals surface area contributed by atoms with Gasteiger partial charge in [-0.25, -0.2) is 4.79 Å². The lowest BCUT2D eigenvalue weighted by atomic mass is 10.3. The summed E-state index contributed by atoms with van der Waals surface area (Å²) >= 11 is 0. The summed E-state index contributed by atoms with van der Waals surface area (Å²) in [7, 11) is 0. The van der Waals surface area contributed by atoms with Crippen molar-refractivity contribution in [2.75, 3.05) is 5.32 Å². The SMILES string of the molecule is CC(C)OC(=O)Nc1cccc(Oc2ccccc2)c1. The van der Waals surface area contributed by atoms with Crippen molar-refractivity contribution < 1.29 is 14.3 Å². The van der Waals surface area contributed by atoms with Crippen molar-refractivity contribution >= 4 is 11.8 Å². The third-order valence-corrected chi connectivity index (χ3v) is 2.40. The minimum Gasteiger partial charge on any atom is -0.457 e. The minimum absolute atomic E-state index is 0.154. The molecule has 0 radical (unpaired) electrons. The van der Waals surface area contributed by atoms with E-state index in [4.69, 9.17) is 9.47 Å². The van der Waals surface area contributed by atoms with Crippen molar-refractivity contribution in [3.05, 3.63) is 54.6 Å². The van der Waals surface area contributed by atoms with Gasteiger partial charge >= 0.3 is 6.09 Å². The zero-order valence-corrected chi connectivity index (χ0v) is 11.5. The van der Waals surface area contributed by atoms with Gasteiger partial charge in [0.15, 0.2) is 0 Å². The van der Waals surface area contributed by atoms with Crippen LogP contribution in [0, 0.1) is 0 Å². The smallest absolute Gasteiger partial charge is 0.411 e. The van der Waals surface area contributed by atoms with E-state index in [1.54, 1.807) is 26.0 Å². The molecule has 0 aliphatic heterocycles. The van der Waals surface area contributed by atoms with E-state index < -0.39 is 6.09 Å². The molecule has 1 N–H and O–H groups in total. The van der Waals surface area contributed by atoms with E-state index in [0.717, 1.165) is 5.75 Å². The van der Waals surface area contributed by atoms with E-state index in [0.29, 0.717) is 11.4 Å². The Morgan fingerprint density at radius 3 is 2.40 bits per heavy atom. The first-order valence-electron chi connectivity index (χ1n) is 6.44. The zero-order chi connectivity index (χ0) is 14.4. The monoisotopic (exact) mass is 271 g/mol. The van der Waals surface area contributed by atoms with Gasteiger partial charge in [-0.1, -0.05) is 24.3 Å². The molecule has 0 spiro atoms. The molecule has 0 aliphatic carbocycles. The molecule has 1 amide bonds. The lowest BCUT2D eigenvalue weighted by molar-refractivity contribution is 0.130. The van der Waals surface area contributed by atoms with Gasteiger partial charge in [-0.05, 0) is 38.1 Å². The van der Waals surface area contributed by atoms with Crippen LogP contribution in [0.1, 0.15) is 13.8 Å². The van der Waals surface area contributed by atoms with E-state index in [-0.39, 0.29) is 6.10 Å². The Morgan fingerprint density at radius 2 is 1.70 bits per heavy atom. The first-order chi connectivity index (χ1) is 9.63. The van der Waals surface area contributed by atoms with Gasteiger partial charge in [-0.2, -0.15) is 0 Å². The number of hydrogen-bond donors (Lipinski definition) is 1. The Labute approximate surface area is 118 Å². The second-order valence-electron chi connectivity index (χ2n) is 4.52. The zero-order valence-electron chi connectivity index (χ0n) is 11.5. The highest BCUT2D eigenvalue weighted by molar-refractivity contribution is 5.84. The van der Waals surface area contributed by atoms with Crippen molar-refractivity contribution in [3.8, 4) is 11.5 Å². The predicted molar refractivity (Wildman–Crippen MR) is 78.2 cm³/mol. The Balaban J connectivity index is 2.03. The van der Waals surface area contributed by atoms with Crippen LogP contribution in [-0.4, -0.2) is 12.2 Å². The van der Waals surface area contributed by atoms with Crippen LogP contribution in [0.5, 0.6) is 11.5 Å². The standard InChI is InChI=1S/C16H17NO3/c1-12(2)19-16(18)17-13-7-6-10-15(11-13)20-14-8-4-3-5-9-14/h3-12H,1-2H3,(H,17,18). The summed E-state index contributed by atoms with van der Waals surface area (Å²) in [5.74, 6) is 1.40. The van der Waals surface area contributed by atoms with E-state index in [1.165, 1.54) is 0 Å². The third-order valence-electron chi connectivity index (χ3n) is 2.40. The van der Waals surface area contributed by atoms with Crippen LogP contribution in [0.4, 0.5) is 10.5 Å². The Bertz CT molecular complexity index is 567. The van der Waals surface area contributed by atoms with Crippen molar-refractivity contribution in [2.24, 2.45) is 0 Å². The largest absolute Gasteiger partial charge is 0.457 e. The summed E-state index contributed by atoms with van der Waals surface area (Å²) in [6, 6.07) is 16.6. The summed E-state index contributed by atoms with van der Waals surface area (Å²) in [5.41, 5.74) is 0.629. The maximum atomic E-state index is 11.5. The molecule has 0 bridgehead atoms. The van der Waals surface area contributed by atoms with E-state index in [2.05, 4.69) is 5.32 Å². The van der Waals surface area contributed by atoms with Gasteiger partial charge in [-0.15, -0.1) is 0 Å². The first kappa shape index (κ1) is 13.9. The highest BCUT2D eigenvalue weighted by Gasteiger charge is 2.06. The number of carbonyl (C=O) groups excluding carboxylic acids is 1. The van der Waals surface area contributed by atoms with Gasteiger partial charge in [0, 0.05) is 11.8 Å². The van der Waals surface area contributed by atoms with Crippen molar-refractivity contribution in [1.29, 1.82) is 0 Å². The summed E-state index contributed by atoms with van der Waals surface area (Å²) in [6.45, 7) is 3.60. The second kappa shape index (κ2) is 6.61. The molecule has 2 rings (SSSR count). The molecule has 2 aromatic carbocycles. The first-order valence-corrected chi connectivity index (χ1v) is 6.44. The second-order valence-corrected chi connectivity index (χ2v) is 4.52. The number of nitrogens with one attached hydrogen (secondary N) is 1. The van der Waals surface area contributed by atoms with Crippen LogP contribution in [-0.2, 0) is 4.74 Å². The maximum absolute atomic E-state index is 11.5. The molecule has 104 valence electrons. The topological polar surface area (TPSA) is 47.6 Å². The number of ether oxygens (including phenoxy) is 2. The van der Waals surface area contributed by atoms with E-state index >= 15 is 0 Å². The van der Waals surface area contributed by atoms with Crippen molar-refractivity contribution in [1.82, 2.24) is 0 Å². The van der Waals surface area contributed by atoms with Crippen LogP contribution in [0.25, 0.3) is 0 Å². The third kappa shape index (κ3) is 4.31. The number of hydrogen-bond acceptors (Lipinski definition) is 3. The quantitative estimate of drug-likeness (QED) is 0.894. The molecule has 4 nitrogen and oxygen atoms in total. The van der Waals surface area contributed by atoms with Crippen LogP contribution < -0.4 is 10.1 Å². The van der Waals surface area contributed by atoms with Gasteiger partial charge in [0.1, 0.15) is 11.5 Å². The van der Waals surface area contributed by atoms with Crippen LogP contribution >= 0.6 is 0 Å². The van der Waals surface area contributed by atoms with Crippen molar-refractivity contribution in [3.63, 3.8) is 0 Å². The van der Waals surface area contributed by atoms with Crippen molar-refractivity contribution in [2.45, 2.75) is 20.0 Å². The molecule has 0 aliphatic rings. The lowest BCUT2D eigenvalue weighted by Gasteiger charge is -2.11. The van der Waals surface area contributed by atoms with E-state index in [1.807, 2.05) is 42.5 Å². The normalized spacial score (nSPS) is 10.2. The lowest BCUT2D eigenvalue weighted by Crippen LogP contribution is -2.17. The molecule has 4 heteroatoms. The number of rotatable bonds is 4. The molecule has 0 saturated carbocycles. The molecule has 0 unspecified atom stereocenters. The molecule has 20 heavy (non-hydrogen) atoms. The maximum Gasteiger partial charge on any atom is 0.411 e. The Kier molecular flexibility index (Phi) is 4.60. The number of para-hydroxylation sites is 1. The number of carbonyl (C=O) groups is 1. The molecule has 0 fully saturated rings. The molecular weight excluding hydrogens is 254 g/mol. The van der Waals surface area contributed by atoms with Gasteiger partial charge in [0.25, 0.3) is 0 Å². The molecule has 0 saturated heterocycles. The average molecular weight is 271 g/mol. The number of benzene rings is 2. The van der Waals surface area contributed by atoms with Crippen LogP contribution in [0.3, 0.4) is 0 Å². The Morgan fingerprint density at radius 1 is 1.00 bits per heavy atom. The molecule has 0 aromatic heterocycles. The summed E-state index contributed by atoms with van der Waals surface area (Å²) in [5, 5.41) is 2.66. The van der Waals surface area contributed by atoms with Crippen LogP contribution in [0.15, 0.2) is 54.6 Å². The minimum atomic E-state index is -0.475. The molecule has 0 heterocycles. The van der Waals surface area contributed by atoms with Gasteiger partial charge < -0.3 is 9.47 Å². The average Bonchev–Trinajstić information content (AvgIpc) is 2.39. The fourth-order valence-electron chi connectivity index (χ4n) is 1.62. The molecule has 2 aromatic rings. The summed E-state index contributed by atoms with van der Waals surface area (Å²) in [6.07, 6.45) is -0.629. The Hall–Kier alpha value is -2.49. The van der Waals surface area contributed by atoms with Gasteiger partial charge in [-0.3, -0.25) is 5.32 Å². The highest BCUT2D eigenvalue weighted by Crippen LogP contribution is 2.23. The van der Waals surface area contributed by atoms with Crippen LogP contribution in [0.2, 0.25) is 0 Å². The summed E-state index contributed by atoms with van der Waals surface area (Å²) in [4.78, 5) is 11.5. The number of amides is 1.